The van der Waals surface area contributed by atoms with E-state index in [2.05, 4.69) is 20.5 Å². The van der Waals surface area contributed by atoms with Gasteiger partial charge in [-0.2, -0.15) is 5.10 Å². The number of carbonyl (C=O) groups is 1. The molecule has 0 aliphatic carbocycles. The number of aromatic hydroxyl groups is 1. The monoisotopic (exact) mass is 362 g/mol. The first kappa shape index (κ1) is 16.7. The van der Waals surface area contributed by atoms with Crippen molar-refractivity contribution >= 4 is 16.8 Å². The summed E-state index contributed by atoms with van der Waals surface area (Å²) in [5.41, 5.74) is 2.59. The van der Waals surface area contributed by atoms with Gasteiger partial charge in [0.05, 0.1) is 11.1 Å². The van der Waals surface area contributed by atoms with Crippen molar-refractivity contribution in [3.8, 4) is 17.0 Å². The molecule has 0 unspecified atom stereocenters. The largest absolute Gasteiger partial charge is 0.507 e. The van der Waals surface area contributed by atoms with Gasteiger partial charge in [0.1, 0.15) is 17.3 Å². The van der Waals surface area contributed by atoms with E-state index in [1.54, 1.807) is 36.7 Å². The number of benzene rings is 2. The highest BCUT2D eigenvalue weighted by Crippen LogP contribution is 2.31. The summed E-state index contributed by atoms with van der Waals surface area (Å²) in [5, 5.41) is 20.6. The Hall–Kier alpha value is -3.74. The van der Waals surface area contributed by atoms with Gasteiger partial charge in [-0.3, -0.25) is 14.9 Å². The lowest BCUT2D eigenvalue weighted by Gasteiger charge is -2.07. The zero-order valence-electron chi connectivity index (χ0n) is 14.1. The Morgan fingerprint density at radius 1 is 1.19 bits per heavy atom. The summed E-state index contributed by atoms with van der Waals surface area (Å²) < 4.78 is 13.5. The van der Waals surface area contributed by atoms with Crippen molar-refractivity contribution in [3.05, 3.63) is 77.9 Å². The fourth-order valence-corrected chi connectivity index (χ4v) is 2.87. The Labute approximate surface area is 153 Å². The number of hydrogen-bond acceptors (Lipinski definition) is 4. The maximum absolute atomic E-state index is 13.5. The maximum Gasteiger partial charge on any atom is 0.255 e. The third-order valence-corrected chi connectivity index (χ3v) is 4.20. The summed E-state index contributed by atoms with van der Waals surface area (Å²) >= 11 is 0. The molecule has 0 spiro atoms. The summed E-state index contributed by atoms with van der Waals surface area (Å²) in [5.74, 6) is -0.970. The molecule has 134 valence electrons. The van der Waals surface area contributed by atoms with Crippen LogP contribution in [-0.2, 0) is 6.54 Å². The lowest BCUT2D eigenvalue weighted by atomic mass is 10.0. The average molecular weight is 362 g/mol. The first-order valence-corrected chi connectivity index (χ1v) is 8.26. The summed E-state index contributed by atoms with van der Waals surface area (Å²) in [6.45, 7) is 0.284. The van der Waals surface area contributed by atoms with Crippen molar-refractivity contribution in [2.75, 3.05) is 0 Å². The van der Waals surface area contributed by atoms with Crippen LogP contribution in [0.1, 0.15) is 15.9 Å². The summed E-state index contributed by atoms with van der Waals surface area (Å²) in [7, 11) is 0. The number of pyridine rings is 1. The molecule has 7 heteroatoms. The van der Waals surface area contributed by atoms with Gasteiger partial charge in [-0.25, -0.2) is 4.39 Å². The number of nitrogens with one attached hydrogen (secondary N) is 2. The van der Waals surface area contributed by atoms with Crippen molar-refractivity contribution in [1.29, 1.82) is 0 Å². The van der Waals surface area contributed by atoms with Gasteiger partial charge in [0, 0.05) is 36.0 Å². The molecule has 4 rings (SSSR count). The van der Waals surface area contributed by atoms with Gasteiger partial charge in [0.15, 0.2) is 0 Å². The molecule has 0 bridgehead atoms. The Morgan fingerprint density at radius 2 is 2.07 bits per heavy atom. The lowest BCUT2D eigenvalue weighted by molar-refractivity contribution is 0.0948. The molecule has 0 aliphatic rings. The van der Waals surface area contributed by atoms with Gasteiger partial charge >= 0.3 is 0 Å². The third-order valence-electron chi connectivity index (χ3n) is 4.20. The van der Waals surface area contributed by atoms with Crippen LogP contribution >= 0.6 is 0 Å². The standard InChI is InChI=1S/C20H15FN4O2/c21-14-5-1-4-13(7-14)19-15-8-16(18(26)9-17(15)24-25-19)20(27)23-11-12-3-2-6-22-10-12/h1-10,26H,11H2,(H,23,27)(H,24,25). The molecule has 0 saturated carbocycles. The van der Waals surface area contributed by atoms with Gasteiger partial charge < -0.3 is 10.4 Å². The van der Waals surface area contributed by atoms with Crippen LogP contribution in [0.25, 0.3) is 22.2 Å². The summed E-state index contributed by atoms with van der Waals surface area (Å²) in [6, 6.07) is 12.6. The van der Waals surface area contributed by atoms with E-state index in [1.165, 1.54) is 18.2 Å². The molecule has 0 aliphatic heterocycles. The highest BCUT2D eigenvalue weighted by atomic mass is 19.1. The number of amides is 1. The highest BCUT2D eigenvalue weighted by Gasteiger charge is 2.17. The molecule has 2 heterocycles. The van der Waals surface area contributed by atoms with E-state index >= 15 is 0 Å². The Balaban J connectivity index is 1.68. The maximum atomic E-state index is 13.5. The number of carbonyl (C=O) groups excluding carboxylic acids is 1. The molecule has 2 aromatic carbocycles. The van der Waals surface area contributed by atoms with Crippen LogP contribution < -0.4 is 5.32 Å². The van der Waals surface area contributed by atoms with Crippen molar-refractivity contribution in [2.24, 2.45) is 0 Å². The zero-order valence-corrected chi connectivity index (χ0v) is 14.1. The second kappa shape index (κ2) is 6.87. The van der Waals surface area contributed by atoms with Gasteiger partial charge in [-0.15, -0.1) is 0 Å². The second-order valence-corrected chi connectivity index (χ2v) is 6.04. The fraction of sp³-hybridized carbons (Fsp3) is 0.0500. The van der Waals surface area contributed by atoms with Gasteiger partial charge in [-0.1, -0.05) is 18.2 Å². The number of H-pyrrole nitrogens is 1. The molecular weight excluding hydrogens is 347 g/mol. The summed E-state index contributed by atoms with van der Waals surface area (Å²) in [4.78, 5) is 16.5. The summed E-state index contributed by atoms with van der Waals surface area (Å²) in [6.07, 6.45) is 3.30. The van der Waals surface area contributed by atoms with Gasteiger partial charge in [-0.05, 0) is 29.8 Å². The number of hydrogen-bond donors (Lipinski definition) is 3. The van der Waals surface area contributed by atoms with E-state index in [0.717, 1.165) is 5.56 Å². The van der Waals surface area contributed by atoms with Crippen LogP contribution in [0.3, 0.4) is 0 Å². The van der Waals surface area contributed by atoms with Crippen molar-refractivity contribution in [3.63, 3.8) is 0 Å². The van der Waals surface area contributed by atoms with E-state index in [0.29, 0.717) is 22.2 Å². The molecule has 3 N–H and O–H groups in total. The first-order valence-electron chi connectivity index (χ1n) is 8.26. The number of halogens is 1. The van der Waals surface area contributed by atoms with E-state index in [4.69, 9.17) is 0 Å². The van der Waals surface area contributed by atoms with E-state index in [1.807, 2.05) is 6.07 Å². The number of rotatable bonds is 4. The number of fused-ring (bicyclic) bond motifs is 1. The van der Waals surface area contributed by atoms with Crippen LogP contribution in [-0.4, -0.2) is 26.2 Å². The second-order valence-electron chi connectivity index (χ2n) is 6.04. The SMILES string of the molecule is O=C(NCc1cccnc1)c1cc2c(-c3cccc(F)c3)n[nH]c2cc1O. The number of phenols is 1. The number of phenolic OH excluding ortho intramolecular Hbond substituents is 1. The van der Waals surface area contributed by atoms with Crippen LogP contribution in [0, 0.1) is 5.82 Å². The minimum atomic E-state index is -0.426. The molecule has 0 saturated heterocycles. The van der Waals surface area contributed by atoms with E-state index < -0.39 is 5.91 Å². The fourth-order valence-electron chi connectivity index (χ4n) is 2.87. The van der Waals surface area contributed by atoms with Crippen molar-refractivity contribution < 1.29 is 14.3 Å². The zero-order chi connectivity index (χ0) is 18.8. The van der Waals surface area contributed by atoms with Crippen LogP contribution in [0.2, 0.25) is 0 Å². The predicted octanol–water partition coefficient (Wildman–Crippen LogP) is 3.40. The third kappa shape index (κ3) is 3.35. The molecule has 1 amide bonds. The normalized spacial score (nSPS) is 10.9. The Bertz CT molecular complexity index is 1130. The van der Waals surface area contributed by atoms with Crippen LogP contribution in [0.4, 0.5) is 4.39 Å². The number of nitrogens with zero attached hydrogens (tertiary/aromatic N) is 2. The molecule has 27 heavy (non-hydrogen) atoms. The predicted molar refractivity (Wildman–Crippen MR) is 98.6 cm³/mol. The number of aromatic nitrogens is 3. The molecule has 0 atom stereocenters. The lowest BCUT2D eigenvalue weighted by Crippen LogP contribution is -2.22. The minimum absolute atomic E-state index is 0.116. The minimum Gasteiger partial charge on any atom is -0.507 e. The van der Waals surface area contributed by atoms with Gasteiger partial charge in [0.2, 0.25) is 0 Å². The quantitative estimate of drug-likeness (QED) is 0.519. The van der Waals surface area contributed by atoms with E-state index in [-0.39, 0.29) is 23.7 Å². The number of aromatic amines is 1. The molecule has 0 fully saturated rings. The topological polar surface area (TPSA) is 90.9 Å². The first-order chi connectivity index (χ1) is 13.1. The van der Waals surface area contributed by atoms with Crippen molar-refractivity contribution in [2.45, 2.75) is 6.54 Å². The van der Waals surface area contributed by atoms with E-state index in [9.17, 15) is 14.3 Å². The molecule has 4 aromatic rings. The average Bonchev–Trinajstić information content (AvgIpc) is 3.09. The molecule has 6 nitrogen and oxygen atoms in total. The highest BCUT2D eigenvalue weighted by molar-refractivity contribution is 6.03. The molecule has 0 radical (unpaired) electrons. The van der Waals surface area contributed by atoms with Crippen LogP contribution in [0.5, 0.6) is 5.75 Å². The molecular formula is C20H15FN4O2. The van der Waals surface area contributed by atoms with Crippen molar-refractivity contribution in [1.82, 2.24) is 20.5 Å². The Kier molecular flexibility index (Phi) is 4.25. The Morgan fingerprint density at radius 3 is 2.85 bits per heavy atom. The smallest absolute Gasteiger partial charge is 0.255 e. The molecule has 2 aromatic heterocycles. The van der Waals surface area contributed by atoms with Gasteiger partial charge in [0.25, 0.3) is 5.91 Å². The van der Waals surface area contributed by atoms with Crippen LogP contribution in [0.15, 0.2) is 60.9 Å².